The van der Waals surface area contributed by atoms with Crippen molar-refractivity contribution in [3.63, 3.8) is 0 Å². The monoisotopic (exact) mass is 230 g/mol. The van der Waals surface area contributed by atoms with E-state index in [0.717, 1.165) is 25.7 Å². The molecule has 3 heteroatoms. The molecule has 0 bridgehead atoms. The van der Waals surface area contributed by atoms with Crippen molar-refractivity contribution in [2.45, 2.75) is 42.2 Å². The maximum Gasteiger partial charge on any atom is 0.131 e. The van der Waals surface area contributed by atoms with Crippen molar-refractivity contribution in [3.8, 4) is 0 Å². The Kier molecular flexibility index (Phi) is 1.23. The van der Waals surface area contributed by atoms with Crippen LogP contribution in [-0.2, 0) is 4.74 Å². The summed E-state index contributed by atoms with van der Waals surface area (Å²) in [4.78, 5) is 0. The Bertz CT molecular complexity index is 321. The second kappa shape index (κ2) is 2.05. The van der Waals surface area contributed by atoms with Crippen LogP contribution in [0.2, 0.25) is 0 Å². The third-order valence-corrected chi connectivity index (χ3v) is 6.39. The Morgan fingerprint density at radius 2 is 1.50 bits per heavy atom. The minimum atomic E-state index is -0.486. The van der Waals surface area contributed by atoms with Gasteiger partial charge in [0, 0.05) is 10.8 Å². The summed E-state index contributed by atoms with van der Waals surface area (Å²) in [5.41, 5.74) is 0.297. The number of hydrogen-bond acceptors (Lipinski definition) is 1. The molecule has 1 saturated heterocycles. The normalized spacial score (nSPS) is 61.0. The lowest BCUT2D eigenvalue weighted by molar-refractivity contribution is 0.258. The number of fused-ring (bicyclic) bond motifs is 1. The van der Waals surface area contributed by atoms with Gasteiger partial charge >= 0.3 is 0 Å². The SMILES string of the molecule is ClC1(Cl)[C@@]23CC=CC[C@@]12C[C@H]1O[C@@H]1C3. The van der Waals surface area contributed by atoms with Crippen LogP contribution < -0.4 is 0 Å². The molecular formula is C11H12Cl2O. The summed E-state index contributed by atoms with van der Waals surface area (Å²) in [6.07, 6.45) is 9.67. The van der Waals surface area contributed by atoms with Crippen molar-refractivity contribution < 1.29 is 4.74 Å². The highest BCUT2D eigenvalue weighted by molar-refractivity contribution is 6.52. The van der Waals surface area contributed by atoms with Gasteiger partial charge in [-0.25, -0.2) is 0 Å². The van der Waals surface area contributed by atoms with E-state index in [4.69, 9.17) is 27.9 Å². The maximum atomic E-state index is 6.52. The van der Waals surface area contributed by atoms with Crippen molar-refractivity contribution in [3.05, 3.63) is 12.2 Å². The number of hydrogen-bond donors (Lipinski definition) is 0. The van der Waals surface area contributed by atoms with E-state index >= 15 is 0 Å². The van der Waals surface area contributed by atoms with Crippen LogP contribution in [0.3, 0.4) is 0 Å². The Balaban J connectivity index is 1.84. The molecule has 14 heavy (non-hydrogen) atoms. The molecule has 0 amide bonds. The highest BCUT2D eigenvalue weighted by Crippen LogP contribution is 2.88. The molecule has 4 aliphatic rings. The molecule has 4 atom stereocenters. The minimum Gasteiger partial charge on any atom is -0.370 e. The van der Waals surface area contributed by atoms with Crippen LogP contribution in [0, 0.1) is 10.8 Å². The van der Waals surface area contributed by atoms with Gasteiger partial charge in [-0.1, -0.05) is 12.2 Å². The lowest BCUT2D eigenvalue weighted by Gasteiger charge is -2.27. The van der Waals surface area contributed by atoms with Crippen LogP contribution >= 0.6 is 23.2 Å². The first kappa shape index (κ1) is 8.43. The zero-order valence-corrected chi connectivity index (χ0v) is 9.31. The molecule has 3 fully saturated rings. The van der Waals surface area contributed by atoms with E-state index in [9.17, 15) is 0 Å². The first-order valence-electron chi connectivity index (χ1n) is 5.31. The van der Waals surface area contributed by atoms with E-state index < -0.39 is 4.33 Å². The summed E-state index contributed by atoms with van der Waals surface area (Å²) >= 11 is 13.0. The van der Waals surface area contributed by atoms with Crippen LogP contribution in [0.25, 0.3) is 0 Å². The molecule has 0 N–H and O–H groups in total. The van der Waals surface area contributed by atoms with Crippen LogP contribution in [0.5, 0.6) is 0 Å². The molecule has 0 unspecified atom stereocenters. The molecule has 0 aromatic rings. The fourth-order valence-corrected chi connectivity index (χ4v) is 5.24. The molecule has 1 nitrogen and oxygen atoms in total. The third-order valence-electron chi connectivity index (χ3n) is 4.94. The standard InChI is InChI=1S/C11H12Cl2O/c12-11(13)9-3-1-2-4-10(9,11)6-8-7(5-9)14-8/h1-2,7-8H,3-6H2/t7-,8-,9-,10+/m1/s1. The molecule has 4 rings (SSSR count). The van der Waals surface area contributed by atoms with Gasteiger partial charge in [0.1, 0.15) is 4.33 Å². The summed E-state index contributed by atoms with van der Waals surface area (Å²) < 4.78 is 5.12. The lowest BCUT2D eigenvalue weighted by atomic mass is 9.73. The molecule has 1 aliphatic heterocycles. The van der Waals surface area contributed by atoms with Crippen molar-refractivity contribution in [2.75, 3.05) is 0 Å². The minimum absolute atomic E-state index is 0.148. The van der Waals surface area contributed by atoms with Gasteiger partial charge in [-0.05, 0) is 25.7 Å². The smallest absolute Gasteiger partial charge is 0.131 e. The first-order chi connectivity index (χ1) is 6.63. The Labute approximate surface area is 93.4 Å². The molecule has 0 aromatic heterocycles. The molecule has 2 saturated carbocycles. The van der Waals surface area contributed by atoms with E-state index in [1.165, 1.54) is 0 Å². The zero-order chi connectivity index (χ0) is 9.60. The summed E-state index contributed by atoms with van der Waals surface area (Å²) in [7, 11) is 0. The van der Waals surface area contributed by atoms with Crippen molar-refractivity contribution in [1.82, 2.24) is 0 Å². The van der Waals surface area contributed by atoms with Gasteiger partial charge in [0.25, 0.3) is 0 Å². The van der Waals surface area contributed by atoms with Crippen LogP contribution in [0.15, 0.2) is 12.2 Å². The zero-order valence-electron chi connectivity index (χ0n) is 7.80. The quantitative estimate of drug-likeness (QED) is 0.354. The third kappa shape index (κ3) is 0.618. The van der Waals surface area contributed by atoms with Crippen molar-refractivity contribution >= 4 is 23.2 Å². The van der Waals surface area contributed by atoms with E-state index in [2.05, 4.69) is 12.2 Å². The molecule has 0 spiro atoms. The number of halogens is 2. The molecule has 1 heterocycles. The molecular weight excluding hydrogens is 219 g/mol. The van der Waals surface area contributed by atoms with Gasteiger partial charge in [-0.3, -0.25) is 0 Å². The van der Waals surface area contributed by atoms with Gasteiger partial charge in [0.15, 0.2) is 0 Å². The summed E-state index contributed by atoms with van der Waals surface area (Å²) in [5, 5.41) is 0. The number of alkyl halides is 2. The van der Waals surface area contributed by atoms with Gasteiger partial charge in [0.05, 0.1) is 12.2 Å². The molecule has 76 valence electrons. The second-order valence-corrected chi connectivity index (χ2v) is 6.57. The second-order valence-electron chi connectivity index (χ2n) is 5.24. The molecule has 0 radical (unpaired) electrons. The topological polar surface area (TPSA) is 12.5 Å². The number of allylic oxidation sites excluding steroid dienone is 2. The van der Waals surface area contributed by atoms with Gasteiger partial charge in [-0.2, -0.15) is 0 Å². The van der Waals surface area contributed by atoms with Crippen LogP contribution in [0.1, 0.15) is 25.7 Å². The lowest BCUT2D eigenvalue weighted by Crippen LogP contribution is -2.25. The van der Waals surface area contributed by atoms with E-state index in [-0.39, 0.29) is 10.8 Å². The highest BCUT2D eigenvalue weighted by Gasteiger charge is 2.88. The summed E-state index contributed by atoms with van der Waals surface area (Å²) in [6.45, 7) is 0. The Morgan fingerprint density at radius 1 is 1.00 bits per heavy atom. The highest BCUT2D eigenvalue weighted by atomic mass is 35.5. The van der Waals surface area contributed by atoms with E-state index in [0.29, 0.717) is 12.2 Å². The fourth-order valence-electron chi connectivity index (χ4n) is 4.00. The molecule has 3 aliphatic carbocycles. The molecule has 0 aromatic carbocycles. The van der Waals surface area contributed by atoms with Gasteiger partial charge in [0.2, 0.25) is 0 Å². The fraction of sp³-hybridized carbons (Fsp3) is 0.818. The number of ether oxygens (including phenoxy) is 1. The van der Waals surface area contributed by atoms with Crippen LogP contribution in [0.4, 0.5) is 0 Å². The van der Waals surface area contributed by atoms with Crippen molar-refractivity contribution in [1.29, 1.82) is 0 Å². The average Bonchev–Trinajstić information content (AvgIpc) is 2.98. The van der Waals surface area contributed by atoms with E-state index in [1.54, 1.807) is 0 Å². The number of rotatable bonds is 0. The summed E-state index contributed by atoms with van der Waals surface area (Å²) in [5.74, 6) is 0. The maximum absolute atomic E-state index is 6.52. The van der Waals surface area contributed by atoms with E-state index in [1.807, 2.05) is 0 Å². The average molecular weight is 231 g/mol. The van der Waals surface area contributed by atoms with Gasteiger partial charge < -0.3 is 4.74 Å². The Hall–Kier alpha value is 0.280. The predicted octanol–water partition coefficient (Wildman–Crippen LogP) is 3.06. The predicted molar refractivity (Wildman–Crippen MR) is 55.6 cm³/mol. The largest absolute Gasteiger partial charge is 0.370 e. The van der Waals surface area contributed by atoms with Crippen LogP contribution in [-0.4, -0.2) is 16.5 Å². The summed E-state index contributed by atoms with van der Waals surface area (Å²) in [6, 6.07) is 0. The van der Waals surface area contributed by atoms with Crippen molar-refractivity contribution in [2.24, 2.45) is 10.8 Å². The Morgan fingerprint density at radius 3 is 2.00 bits per heavy atom. The van der Waals surface area contributed by atoms with Gasteiger partial charge in [-0.15, -0.1) is 23.2 Å². The number of epoxide rings is 1. The first-order valence-corrected chi connectivity index (χ1v) is 6.07.